The van der Waals surface area contributed by atoms with E-state index in [0.29, 0.717) is 17.5 Å². The van der Waals surface area contributed by atoms with Gasteiger partial charge in [-0.15, -0.1) is 11.3 Å². The summed E-state index contributed by atoms with van der Waals surface area (Å²) in [5.74, 6) is 2.09. The minimum absolute atomic E-state index is 0.0101. The Morgan fingerprint density at radius 1 is 1.16 bits per heavy atom. The third-order valence-corrected chi connectivity index (χ3v) is 6.02. The van der Waals surface area contributed by atoms with Gasteiger partial charge in [0.2, 0.25) is 5.95 Å². The molecule has 1 fully saturated rings. The molecule has 156 valence electrons. The lowest BCUT2D eigenvalue weighted by atomic mass is 10.0. The summed E-state index contributed by atoms with van der Waals surface area (Å²) in [5.41, 5.74) is 1.94. The average Bonchev–Trinajstić information content (AvgIpc) is 3.44. The smallest absolute Gasteiger partial charge is 0.283 e. The van der Waals surface area contributed by atoms with Crippen molar-refractivity contribution in [3.05, 3.63) is 71.1 Å². The van der Waals surface area contributed by atoms with E-state index in [1.165, 1.54) is 11.3 Å². The number of aryl methyl sites for hydroxylation is 1. The number of carbonyl (C=O) groups excluding carboxylic acids is 1. The van der Waals surface area contributed by atoms with Crippen LogP contribution in [-0.2, 0) is 0 Å². The molecular formula is C22H21N7OS. The molecule has 1 saturated heterocycles. The van der Waals surface area contributed by atoms with E-state index in [4.69, 9.17) is 0 Å². The van der Waals surface area contributed by atoms with E-state index in [1.54, 1.807) is 12.4 Å². The van der Waals surface area contributed by atoms with Crippen LogP contribution in [0.3, 0.4) is 0 Å². The van der Waals surface area contributed by atoms with E-state index in [2.05, 4.69) is 25.3 Å². The van der Waals surface area contributed by atoms with Gasteiger partial charge in [-0.1, -0.05) is 30.3 Å². The quantitative estimate of drug-likeness (QED) is 0.503. The van der Waals surface area contributed by atoms with Crippen LogP contribution in [0.15, 0.2) is 60.4 Å². The molecule has 31 heavy (non-hydrogen) atoms. The van der Waals surface area contributed by atoms with Crippen LogP contribution >= 0.6 is 11.3 Å². The number of imidazole rings is 1. The first-order valence-corrected chi connectivity index (χ1v) is 11.0. The normalized spacial score (nSPS) is 15.5. The van der Waals surface area contributed by atoms with E-state index >= 15 is 0 Å². The van der Waals surface area contributed by atoms with Crippen molar-refractivity contribution >= 4 is 23.2 Å². The summed E-state index contributed by atoms with van der Waals surface area (Å²) in [6.07, 6.45) is 6.30. The Bertz CT molecular complexity index is 1190. The lowest BCUT2D eigenvalue weighted by molar-refractivity contribution is 0.0489. The third-order valence-electron chi connectivity index (χ3n) is 5.26. The van der Waals surface area contributed by atoms with Crippen LogP contribution in [0.5, 0.6) is 0 Å². The van der Waals surface area contributed by atoms with Gasteiger partial charge in [0, 0.05) is 42.6 Å². The number of nitrogens with one attached hydrogen (secondary N) is 1. The SMILES string of the molecule is Cc1cn(-c2ccnc(NCC3CCN3C(=O)c3nccs3)n2)c(-c2ccccc2)n1. The standard InChI is InChI=1S/C22H21N7OS/c1-15-14-29(19(26-15)16-5-3-2-4-6-16)18-7-9-24-22(27-18)25-13-17-8-11-28(17)21(30)20-23-10-12-31-20/h2-7,9-10,12,14,17H,8,11,13H2,1H3,(H,24,25,27). The molecule has 1 atom stereocenters. The van der Waals surface area contributed by atoms with E-state index in [9.17, 15) is 4.79 Å². The van der Waals surface area contributed by atoms with Crippen LogP contribution in [0.4, 0.5) is 5.95 Å². The number of anilines is 1. The molecule has 0 spiro atoms. The first kappa shape index (κ1) is 19.4. The summed E-state index contributed by atoms with van der Waals surface area (Å²) in [6.45, 7) is 3.31. The molecule has 8 nitrogen and oxygen atoms in total. The molecule has 1 amide bonds. The number of likely N-dealkylation sites (tertiary alicyclic amines) is 1. The fraction of sp³-hybridized carbons (Fsp3) is 0.227. The van der Waals surface area contributed by atoms with Crippen LogP contribution in [-0.4, -0.2) is 54.4 Å². The molecule has 9 heteroatoms. The predicted molar refractivity (Wildman–Crippen MR) is 119 cm³/mol. The number of aromatic nitrogens is 5. The molecule has 1 aliphatic rings. The molecule has 0 bridgehead atoms. The lowest BCUT2D eigenvalue weighted by Crippen LogP contribution is -2.54. The number of hydrogen-bond acceptors (Lipinski definition) is 7. The monoisotopic (exact) mass is 431 g/mol. The van der Waals surface area contributed by atoms with Crippen LogP contribution in [0, 0.1) is 6.92 Å². The number of rotatable bonds is 6. The maximum Gasteiger partial charge on any atom is 0.283 e. The zero-order valence-corrected chi connectivity index (χ0v) is 17.8. The minimum Gasteiger partial charge on any atom is -0.352 e. The molecule has 0 aliphatic carbocycles. The highest BCUT2D eigenvalue weighted by Gasteiger charge is 2.33. The van der Waals surface area contributed by atoms with E-state index in [-0.39, 0.29) is 11.9 Å². The number of nitrogens with zero attached hydrogens (tertiary/aromatic N) is 6. The van der Waals surface area contributed by atoms with Crippen molar-refractivity contribution in [3.8, 4) is 17.2 Å². The van der Waals surface area contributed by atoms with Gasteiger partial charge in [0.25, 0.3) is 5.91 Å². The van der Waals surface area contributed by atoms with Crippen molar-refractivity contribution in [2.24, 2.45) is 0 Å². The highest BCUT2D eigenvalue weighted by molar-refractivity contribution is 7.11. The van der Waals surface area contributed by atoms with Gasteiger partial charge in [-0.25, -0.2) is 15.0 Å². The number of benzene rings is 1. The van der Waals surface area contributed by atoms with Gasteiger partial charge >= 0.3 is 0 Å². The number of carbonyl (C=O) groups is 1. The summed E-state index contributed by atoms with van der Waals surface area (Å²) in [4.78, 5) is 32.2. The topological polar surface area (TPSA) is 88.8 Å². The molecule has 1 unspecified atom stereocenters. The Balaban J connectivity index is 1.31. The number of hydrogen-bond donors (Lipinski definition) is 1. The van der Waals surface area contributed by atoms with Gasteiger partial charge in [-0.3, -0.25) is 9.36 Å². The zero-order valence-electron chi connectivity index (χ0n) is 17.0. The molecule has 0 saturated carbocycles. The second-order valence-corrected chi connectivity index (χ2v) is 8.23. The Morgan fingerprint density at radius 2 is 2.03 bits per heavy atom. The largest absolute Gasteiger partial charge is 0.352 e. The van der Waals surface area contributed by atoms with Crippen LogP contribution in [0.1, 0.15) is 21.9 Å². The number of amides is 1. The maximum atomic E-state index is 12.5. The van der Waals surface area contributed by atoms with Gasteiger partial charge in [-0.05, 0) is 19.4 Å². The van der Waals surface area contributed by atoms with Gasteiger partial charge < -0.3 is 10.2 Å². The molecule has 5 rings (SSSR count). The highest BCUT2D eigenvalue weighted by atomic mass is 32.1. The van der Waals surface area contributed by atoms with Crippen molar-refractivity contribution in [2.45, 2.75) is 19.4 Å². The average molecular weight is 432 g/mol. The van der Waals surface area contributed by atoms with Gasteiger partial charge in [-0.2, -0.15) is 4.98 Å². The van der Waals surface area contributed by atoms with E-state index in [1.807, 2.05) is 64.4 Å². The predicted octanol–water partition coefficient (Wildman–Crippen LogP) is 3.42. The first-order chi connectivity index (χ1) is 15.2. The molecule has 0 radical (unpaired) electrons. The Kier molecular flexibility index (Phi) is 5.17. The van der Waals surface area contributed by atoms with Crippen molar-refractivity contribution < 1.29 is 4.79 Å². The fourth-order valence-corrected chi connectivity index (χ4v) is 4.20. The maximum absolute atomic E-state index is 12.5. The molecule has 1 N–H and O–H groups in total. The summed E-state index contributed by atoms with van der Waals surface area (Å²) in [6, 6.07) is 12.0. The van der Waals surface area contributed by atoms with Gasteiger partial charge in [0.1, 0.15) is 11.6 Å². The van der Waals surface area contributed by atoms with Crippen LogP contribution in [0.25, 0.3) is 17.2 Å². The van der Waals surface area contributed by atoms with Crippen LogP contribution < -0.4 is 5.32 Å². The Morgan fingerprint density at radius 3 is 2.77 bits per heavy atom. The molecule has 1 aliphatic heterocycles. The second kappa shape index (κ2) is 8.27. The van der Waals surface area contributed by atoms with Crippen molar-refractivity contribution in [1.82, 2.24) is 29.4 Å². The van der Waals surface area contributed by atoms with Crippen molar-refractivity contribution in [1.29, 1.82) is 0 Å². The molecule has 4 heterocycles. The third kappa shape index (κ3) is 3.91. The van der Waals surface area contributed by atoms with E-state index < -0.39 is 0 Å². The second-order valence-electron chi connectivity index (χ2n) is 7.34. The summed E-state index contributed by atoms with van der Waals surface area (Å²) >= 11 is 1.37. The number of thiazole rings is 1. The minimum atomic E-state index is -0.0101. The van der Waals surface area contributed by atoms with Crippen molar-refractivity contribution in [3.63, 3.8) is 0 Å². The molecule has 4 aromatic rings. The molecular weight excluding hydrogens is 410 g/mol. The Hall–Kier alpha value is -3.59. The summed E-state index contributed by atoms with van der Waals surface area (Å²) < 4.78 is 1.97. The van der Waals surface area contributed by atoms with E-state index in [0.717, 1.165) is 35.9 Å². The van der Waals surface area contributed by atoms with Crippen molar-refractivity contribution in [2.75, 3.05) is 18.4 Å². The highest BCUT2D eigenvalue weighted by Crippen LogP contribution is 2.23. The lowest BCUT2D eigenvalue weighted by Gasteiger charge is -2.40. The first-order valence-electron chi connectivity index (χ1n) is 10.1. The Labute approximate surface area is 183 Å². The fourth-order valence-electron chi connectivity index (χ4n) is 3.61. The molecule has 3 aromatic heterocycles. The zero-order chi connectivity index (χ0) is 21.2. The van der Waals surface area contributed by atoms with Gasteiger partial charge in [0.15, 0.2) is 5.01 Å². The summed E-state index contributed by atoms with van der Waals surface area (Å²) in [7, 11) is 0. The van der Waals surface area contributed by atoms with Crippen LogP contribution in [0.2, 0.25) is 0 Å². The van der Waals surface area contributed by atoms with Gasteiger partial charge in [0.05, 0.1) is 11.7 Å². The molecule has 1 aromatic carbocycles. The summed E-state index contributed by atoms with van der Waals surface area (Å²) in [5, 5.41) is 5.64.